The third-order valence-corrected chi connectivity index (χ3v) is 2.86. The number of hydrogen-bond donors (Lipinski definition) is 0. The van der Waals surface area contributed by atoms with Crippen molar-refractivity contribution >= 4 is 0 Å². The summed E-state index contributed by atoms with van der Waals surface area (Å²) in [4.78, 5) is 0. The van der Waals surface area contributed by atoms with Gasteiger partial charge in [-0.15, -0.1) is 0 Å². The fourth-order valence-corrected chi connectivity index (χ4v) is 1.35. The van der Waals surface area contributed by atoms with Crippen LogP contribution in [-0.2, 0) is 4.74 Å². The molecule has 0 unspecified atom stereocenters. The van der Waals surface area contributed by atoms with Crippen LogP contribution in [0.25, 0.3) is 0 Å². The first kappa shape index (κ1) is 14.5. The van der Waals surface area contributed by atoms with Gasteiger partial charge in [0.1, 0.15) is 5.75 Å². The van der Waals surface area contributed by atoms with E-state index in [-0.39, 0.29) is 5.60 Å². The minimum Gasteiger partial charge on any atom is -0.493 e. The third-order valence-electron chi connectivity index (χ3n) is 2.86. The molecule has 0 spiro atoms. The van der Waals surface area contributed by atoms with Gasteiger partial charge in [-0.1, -0.05) is 13.0 Å². The van der Waals surface area contributed by atoms with Gasteiger partial charge in [0.25, 0.3) is 0 Å². The molecule has 0 bridgehead atoms. The first-order valence-electron chi connectivity index (χ1n) is 6.34. The Balaban J connectivity index is 2.24. The lowest BCUT2D eigenvalue weighted by Crippen LogP contribution is -2.24. The minimum atomic E-state index is -0.0548. The number of nitrogens with zero attached hydrogens (tertiary/aromatic N) is 1. The molecule has 3 heteroatoms. The van der Waals surface area contributed by atoms with Gasteiger partial charge in [0.15, 0.2) is 0 Å². The summed E-state index contributed by atoms with van der Waals surface area (Å²) in [6, 6.07) is 9.29. The Morgan fingerprint density at radius 2 is 2.06 bits per heavy atom. The summed E-state index contributed by atoms with van der Waals surface area (Å²) in [5.41, 5.74) is 0.566. The van der Waals surface area contributed by atoms with Gasteiger partial charge in [0, 0.05) is 6.42 Å². The lowest BCUT2D eigenvalue weighted by Gasteiger charge is -2.23. The highest BCUT2D eigenvalue weighted by Crippen LogP contribution is 2.15. The van der Waals surface area contributed by atoms with E-state index in [2.05, 4.69) is 26.8 Å². The van der Waals surface area contributed by atoms with Gasteiger partial charge >= 0.3 is 0 Å². The van der Waals surface area contributed by atoms with Crippen LogP contribution in [0.2, 0.25) is 0 Å². The summed E-state index contributed by atoms with van der Waals surface area (Å²) in [7, 11) is 0. The largest absolute Gasteiger partial charge is 0.493 e. The lowest BCUT2D eigenvalue weighted by atomic mass is 10.1. The zero-order valence-electron chi connectivity index (χ0n) is 11.4. The predicted octanol–water partition coefficient (Wildman–Crippen LogP) is 3.53. The van der Waals surface area contributed by atoms with Crippen LogP contribution in [0.15, 0.2) is 24.3 Å². The molecule has 0 heterocycles. The third kappa shape index (κ3) is 5.20. The van der Waals surface area contributed by atoms with Gasteiger partial charge in [0.2, 0.25) is 0 Å². The second-order valence-corrected chi connectivity index (χ2v) is 4.80. The molecule has 3 nitrogen and oxygen atoms in total. The highest BCUT2D eigenvalue weighted by molar-refractivity contribution is 5.36. The Hall–Kier alpha value is -1.53. The standard InChI is InChI=1S/C15H21NO2/c1-4-15(2,3)18-10-6-9-17-14-8-5-7-13(11-14)12-16/h5,7-8,11H,4,6,9-10H2,1-3H3. The second kappa shape index (κ2) is 7.03. The molecule has 0 aliphatic heterocycles. The average Bonchev–Trinajstić information content (AvgIpc) is 2.38. The highest BCUT2D eigenvalue weighted by Gasteiger charge is 2.14. The van der Waals surface area contributed by atoms with Crippen LogP contribution in [-0.4, -0.2) is 18.8 Å². The van der Waals surface area contributed by atoms with Crippen LogP contribution in [0.1, 0.15) is 39.2 Å². The maximum atomic E-state index is 8.76. The summed E-state index contributed by atoms with van der Waals surface area (Å²) >= 11 is 0. The van der Waals surface area contributed by atoms with Crippen molar-refractivity contribution in [2.45, 2.75) is 39.2 Å². The van der Waals surface area contributed by atoms with Crippen molar-refractivity contribution in [3.05, 3.63) is 29.8 Å². The Kier molecular flexibility index (Phi) is 5.67. The van der Waals surface area contributed by atoms with Crippen molar-refractivity contribution in [1.82, 2.24) is 0 Å². The van der Waals surface area contributed by atoms with Gasteiger partial charge in [-0.25, -0.2) is 0 Å². The number of nitriles is 1. The highest BCUT2D eigenvalue weighted by atomic mass is 16.5. The van der Waals surface area contributed by atoms with E-state index in [0.717, 1.165) is 18.6 Å². The van der Waals surface area contributed by atoms with Crippen molar-refractivity contribution < 1.29 is 9.47 Å². The van der Waals surface area contributed by atoms with Gasteiger partial charge < -0.3 is 9.47 Å². The molecule has 0 saturated carbocycles. The van der Waals surface area contributed by atoms with Crippen LogP contribution in [0.4, 0.5) is 0 Å². The van der Waals surface area contributed by atoms with E-state index in [9.17, 15) is 0 Å². The van der Waals surface area contributed by atoms with E-state index in [1.807, 2.05) is 12.1 Å². The molecule has 0 aliphatic rings. The molecule has 98 valence electrons. The second-order valence-electron chi connectivity index (χ2n) is 4.80. The summed E-state index contributed by atoms with van der Waals surface area (Å²) in [6.07, 6.45) is 1.85. The lowest BCUT2D eigenvalue weighted by molar-refractivity contribution is -0.0241. The van der Waals surface area contributed by atoms with Crippen LogP contribution < -0.4 is 4.74 Å². The average molecular weight is 247 g/mol. The topological polar surface area (TPSA) is 42.2 Å². The Morgan fingerprint density at radius 3 is 2.72 bits per heavy atom. The van der Waals surface area contributed by atoms with Crippen LogP contribution in [0.3, 0.4) is 0 Å². The molecule has 0 fully saturated rings. The van der Waals surface area contributed by atoms with Gasteiger partial charge in [-0.3, -0.25) is 0 Å². The molecule has 1 aromatic carbocycles. The fourth-order valence-electron chi connectivity index (χ4n) is 1.35. The van der Waals surface area contributed by atoms with Crippen molar-refractivity contribution in [3.8, 4) is 11.8 Å². The molecule has 0 saturated heterocycles. The van der Waals surface area contributed by atoms with Crippen LogP contribution in [0, 0.1) is 11.3 Å². The molecule has 0 aromatic heterocycles. The summed E-state index contributed by atoms with van der Waals surface area (Å²) < 4.78 is 11.3. The first-order chi connectivity index (χ1) is 8.57. The van der Waals surface area contributed by atoms with Gasteiger partial charge in [-0.05, 0) is 38.5 Å². The molecular weight excluding hydrogens is 226 g/mol. The molecule has 0 N–H and O–H groups in total. The van der Waals surface area contributed by atoms with E-state index in [1.54, 1.807) is 12.1 Å². The molecule has 0 aliphatic carbocycles. The first-order valence-corrected chi connectivity index (χ1v) is 6.34. The SMILES string of the molecule is CCC(C)(C)OCCCOc1cccc(C#N)c1. The van der Waals surface area contributed by atoms with Crippen LogP contribution >= 0.6 is 0 Å². The number of benzene rings is 1. The van der Waals surface area contributed by atoms with E-state index >= 15 is 0 Å². The van der Waals surface area contributed by atoms with Crippen molar-refractivity contribution in [3.63, 3.8) is 0 Å². The molecule has 1 aromatic rings. The maximum Gasteiger partial charge on any atom is 0.120 e. The maximum absolute atomic E-state index is 8.76. The van der Waals surface area contributed by atoms with Crippen LogP contribution in [0.5, 0.6) is 5.75 Å². The number of hydrogen-bond acceptors (Lipinski definition) is 3. The molecule has 0 amide bonds. The van der Waals surface area contributed by atoms with E-state index in [0.29, 0.717) is 18.8 Å². The van der Waals surface area contributed by atoms with E-state index in [4.69, 9.17) is 14.7 Å². The number of rotatable bonds is 7. The normalized spacial score (nSPS) is 11.0. The predicted molar refractivity (Wildman–Crippen MR) is 71.6 cm³/mol. The van der Waals surface area contributed by atoms with Crippen molar-refractivity contribution in [2.75, 3.05) is 13.2 Å². The Bertz CT molecular complexity index is 407. The minimum absolute atomic E-state index is 0.0548. The molecule has 18 heavy (non-hydrogen) atoms. The zero-order chi connectivity index (χ0) is 13.4. The molecular formula is C15H21NO2. The summed E-state index contributed by atoms with van der Waals surface area (Å²) in [5.74, 6) is 0.740. The smallest absolute Gasteiger partial charge is 0.120 e. The Morgan fingerprint density at radius 1 is 1.28 bits per heavy atom. The fraction of sp³-hybridized carbons (Fsp3) is 0.533. The monoisotopic (exact) mass is 247 g/mol. The summed E-state index contributed by atoms with van der Waals surface area (Å²) in [6.45, 7) is 7.59. The van der Waals surface area contributed by atoms with Crippen molar-refractivity contribution in [1.29, 1.82) is 5.26 Å². The zero-order valence-corrected chi connectivity index (χ0v) is 11.4. The quantitative estimate of drug-likeness (QED) is 0.692. The summed E-state index contributed by atoms with van der Waals surface area (Å²) in [5, 5.41) is 8.76. The Labute approximate surface area is 109 Å². The number of ether oxygens (including phenoxy) is 2. The van der Waals surface area contributed by atoms with Gasteiger partial charge in [0.05, 0.1) is 30.4 Å². The molecule has 0 radical (unpaired) electrons. The van der Waals surface area contributed by atoms with E-state index in [1.165, 1.54) is 0 Å². The molecule has 0 atom stereocenters. The van der Waals surface area contributed by atoms with Crippen molar-refractivity contribution in [2.24, 2.45) is 0 Å². The van der Waals surface area contributed by atoms with Gasteiger partial charge in [-0.2, -0.15) is 5.26 Å². The van der Waals surface area contributed by atoms with E-state index < -0.39 is 0 Å². The molecule has 1 rings (SSSR count).